The summed E-state index contributed by atoms with van der Waals surface area (Å²) in [5.74, 6) is 0.822. The topological polar surface area (TPSA) is 33.3 Å². The molecule has 0 aliphatic heterocycles. The van der Waals surface area contributed by atoms with Crippen LogP contribution in [-0.2, 0) is 6.42 Å². The van der Waals surface area contributed by atoms with E-state index in [1.807, 2.05) is 31.2 Å². The number of rotatable bonds is 4. The van der Waals surface area contributed by atoms with Crippen LogP contribution in [0.5, 0.6) is 5.75 Å². The molecule has 0 amide bonds. The molecule has 0 saturated carbocycles. The van der Waals surface area contributed by atoms with Gasteiger partial charge in [0.25, 0.3) is 0 Å². The molecule has 2 aromatic carbocycles. The number of hydrogen-bond donors (Lipinski definition) is 2. The summed E-state index contributed by atoms with van der Waals surface area (Å²) in [6, 6.07) is 16.8. The van der Waals surface area contributed by atoms with Gasteiger partial charge in [-0.3, -0.25) is 0 Å². The van der Waals surface area contributed by atoms with Crippen molar-refractivity contribution in [2.75, 3.05) is 11.9 Å². The van der Waals surface area contributed by atoms with Crippen LogP contribution in [-0.4, -0.2) is 11.7 Å². The van der Waals surface area contributed by atoms with Gasteiger partial charge in [0.2, 0.25) is 0 Å². The summed E-state index contributed by atoms with van der Waals surface area (Å²) in [7, 11) is 0. The average Bonchev–Trinajstić information content (AvgIpc) is 2.57. The van der Waals surface area contributed by atoms with E-state index in [-0.39, 0.29) is 6.04 Å². The third-order valence-electron chi connectivity index (χ3n) is 4.11. The molecule has 1 aliphatic carbocycles. The van der Waals surface area contributed by atoms with Crippen LogP contribution in [0.3, 0.4) is 0 Å². The third kappa shape index (κ3) is 3.82. The summed E-state index contributed by atoms with van der Waals surface area (Å²) < 4.78 is 5.63. The molecule has 0 unspecified atom stereocenters. The number of ether oxygens (including phenoxy) is 1. The lowest BCUT2D eigenvalue weighted by atomic mass is 9.88. The van der Waals surface area contributed by atoms with Gasteiger partial charge in [0, 0.05) is 0 Å². The van der Waals surface area contributed by atoms with E-state index < -0.39 is 0 Å². The zero-order valence-corrected chi connectivity index (χ0v) is 14.2. The summed E-state index contributed by atoms with van der Waals surface area (Å²) in [4.78, 5) is 0. The Bertz CT molecular complexity index is 687. The highest BCUT2D eigenvalue weighted by molar-refractivity contribution is 7.80. The van der Waals surface area contributed by atoms with Gasteiger partial charge in [-0.25, -0.2) is 0 Å². The molecule has 0 heterocycles. The maximum absolute atomic E-state index is 5.63. The molecule has 0 saturated heterocycles. The van der Waals surface area contributed by atoms with E-state index in [4.69, 9.17) is 17.0 Å². The van der Waals surface area contributed by atoms with Crippen molar-refractivity contribution in [1.82, 2.24) is 5.32 Å². The van der Waals surface area contributed by atoms with Gasteiger partial charge in [-0.15, -0.1) is 0 Å². The number of para-hydroxylation sites is 2. The van der Waals surface area contributed by atoms with Crippen LogP contribution < -0.4 is 15.4 Å². The van der Waals surface area contributed by atoms with Gasteiger partial charge in [0.15, 0.2) is 5.11 Å². The Morgan fingerprint density at radius 2 is 1.96 bits per heavy atom. The van der Waals surface area contributed by atoms with Crippen LogP contribution in [0.15, 0.2) is 48.5 Å². The van der Waals surface area contributed by atoms with E-state index in [0.717, 1.165) is 24.3 Å². The van der Waals surface area contributed by atoms with E-state index in [1.54, 1.807) is 0 Å². The Kier molecular flexibility index (Phi) is 5.13. The highest BCUT2D eigenvalue weighted by Gasteiger charge is 2.20. The van der Waals surface area contributed by atoms with Crippen molar-refractivity contribution in [3.63, 3.8) is 0 Å². The molecular formula is C19H22N2OS. The quantitative estimate of drug-likeness (QED) is 0.813. The second kappa shape index (κ2) is 7.47. The highest BCUT2D eigenvalue weighted by atomic mass is 32.1. The molecule has 0 fully saturated rings. The van der Waals surface area contributed by atoms with Crippen molar-refractivity contribution < 1.29 is 4.74 Å². The fourth-order valence-corrected chi connectivity index (χ4v) is 3.32. The van der Waals surface area contributed by atoms with Gasteiger partial charge < -0.3 is 15.4 Å². The Hall–Kier alpha value is -2.07. The molecule has 0 radical (unpaired) electrons. The molecule has 2 aromatic rings. The molecule has 3 rings (SSSR count). The Morgan fingerprint density at radius 3 is 2.83 bits per heavy atom. The smallest absolute Gasteiger partial charge is 0.171 e. The molecular weight excluding hydrogens is 304 g/mol. The lowest BCUT2D eigenvalue weighted by molar-refractivity contribution is 0.342. The average molecular weight is 326 g/mol. The number of hydrogen-bond acceptors (Lipinski definition) is 2. The molecule has 0 aromatic heterocycles. The number of fused-ring (bicyclic) bond motifs is 1. The van der Waals surface area contributed by atoms with Gasteiger partial charge in [0.05, 0.1) is 18.3 Å². The number of thiocarbonyl (C=S) groups is 1. The molecule has 0 spiro atoms. The largest absolute Gasteiger partial charge is 0.492 e. The van der Waals surface area contributed by atoms with Crippen LogP contribution >= 0.6 is 12.2 Å². The van der Waals surface area contributed by atoms with Crippen molar-refractivity contribution in [1.29, 1.82) is 0 Å². The maximum Gasteiger partial charge on any atom is 0.171 e. The minimum absolute atomic E-state index is 0.277. The van der Waals surface area contributed by atoms with Gasteiger partial charge >= 0.3 is 0 Å². The van der Waals surface area contributed by atoms with Gasteiger partial charge in [0.1, 0.15) is 5.75 Å². The van der Waals surface area contributed by atoms with Gasteiger partial charge in [-0.2, -0.15) is 0 Å². The Labute approximate surface area is 143 Å². The minimum Gasteiger partial charge on any atom is -0.492 e. The molecule has 23 heavy (non-hydrogen) atoms. The van der Waals surface area contributed by atoms with Crippen LogP contribution in [0, 0.1) is 0 Å². The fraction of sp³-hybridized carbons (Fsp3) is 0.316. The lowest BCUT2D eigenvalue weighted by Crippen LogP contribution is -2.34. The fourth-order valence-electron chi connectivity index (χ4n) is 3.07. The number of benzene rings is 2. The van der Waals surface area contributed by atoms with Gasteiger partial charge in [-0.05, 0) is 61.7 Å². The Morgan fingerprint density at radius 1 is 1.17 bits per heavy atom. The van der Waals surface area contributed by atoms with E-state index in [2.05, 4.69) is 34.9 Å². The first-order valence-corrected chi connectivity index (χ1v) is 8.56. The number of aryl methyl sites for hydroxylation is 1. The normalized spacial score (nSPS) is 16.3. The molecule has 3 nitrogen and oxygen atoms in total. The Balaban J connectivity index is 1.69. The van der Waals surface area contributed by atoms with Crippen LogP contribution in [0.2, 0.25) is 0 Å². The van der Waals surface area contributed by atoms with Crippen LogP contribution in [0.1, 0.15) is 36.9 Å². The molecule has 2 N–H and O–H groups in total. The summed E-state index contributed by atoms with van der Waals surface area (Å²) in [5, 5.41) is 7.36. The molecule has 1 atom stereocenters. The third-order valence-corrected chi connectivity index (χ3v) is 4.33. The monoisotopic (exact) mass is 326 g/mol. The van der Waals surface area contributed by atoms with E-state index >= 15 is 0 Å². The molecule has 4 heteroatoms. The standard InChI is InChI=1S/C19H22N2OS/c1-2-22-18-13-6-5-11-17(18)21-19(23)20-16-12-7-9-14-8-3-4-10-15(14)16/h3-6,8,10-11,13,16H,2,7,9,12H2,1H3,(H2,20,21,23)/t16-/m1/s1. The first-order valence-electron chi connectivity index (χ1n) is 8.15. The minimum atomic E-state index is 0.277. The molecule has 1 aliphatic rings. The predicted molar refractivity (Wildman–Crippen MR) is 99.1 cm³/mol. The summed E-state index contributed by atoms with van der Waals surface area (Å²) in [6.07, 6.45) is 3.44. The second-order valence-corrected chi connectivity index (χ2v) is 6.08. The van der Waals surface area contributed by atoms with Crippen molar-refractivity contribution in [2.45, 2.75) is 32.2 Å². The SMILES string of the molecule is CCOc1ccccc1NC(=S)N[C@@H]1CCCc2ccccc21. The zero-order chi connectivity index (χ0) is 16.1. The van der Waals surface area contributed by atoms with Crippen LogP contribution in [0.25, 0.3) is 0 Å². The summed E-state index contributed by atoms with van der Waals surface area (Å²) in [6.45, 7) is 2.61. The zero-order valence-electron chi connectivity index (χ0n) is 13.3. The summed E-state index contributed by atoms with van der Waals surface area (Å²) in [5.41, 5.74) is 3.69. The van der Waals surface area contributed by atoms with E-state index in [0.29, 0.717) is 11.7 Å². The highest BCUT2D eigenvalue weighted by Crippen LogP contribution is 2.30. The van der Waals surface area contributed by atoms with Crippen molar-refractivity contribution in [2.24, 2.45) is 0 Å². The second-order valence-electron chi connectivity index (χ2n) is 5.67. The van der Waals surface area contributed by atoms with Crippen molar-refractivity contribution in [3.05, 3.63) is 59.7 Å². The summed E-state index contributed by atoms with van der Waals surface area (Å²) >= 11 is 5.51. The van der Waals surface area contributed by atoms with Crippen molar-refractivity contribution >= 4 is 23.0 Å². The molecule has 120 valence electrons. The molecule has 0 bridgehead atoms. The first-order chi connectivity index (χ1) is 11.3. The maximum atomic E-state index is 5.63. The van der Waals surface area contributed by atoms with Crippen molar-refractivity contribution in [3.8, 4) is 5.75 Å². The van der Waals surface area contributed by atoms with E-state index in [1.165, 1.54) is 17.5 Å². The van der Waals surface area contributed by atoms with Gasteiger partial charge in [-0.1, -0.05) is 36.4 Å². The number of anilines is 1. The van der Waals surface area contributed by atoms with Crippen LogP contribution in [0.4, 0.5) is 5.69 Å². The lowest BCUT2D eigenvalue weighted by Gasteiger charge is -2.27. The predicted octanol–water partition coefficient (Wildman–Crippen LogP) is 4.45. The first kappa shape index (κ1) is 15.8. The van der Waals surface area contributed by atoms with E-state index in [9.17, 15) is 0 Å². The number of nitrogens with one attached hydrogen (secondary N) is 2.